The van der Waals surface area contributed by atoms with Crippen LogP contribution in [0.15, 0.2) is 37.6 Å². The average molecular weight is 551 g/mol. The van der Waals surface area contributed by atoms with E-state index in [0.29, 0.717) is 16.3 Å². The first-order valence-corrected chi connectivity index (χ1v) is 17.1. The van der Waals surface area contributed by atoms with Crippen LogP contribution in [0, 0.1) is 0 Å². The van der Waals surface area contributed by atoms with Crippen molar-refractivity contribution >= 4 is 99.9 Å². The lowest BCUT2D eigenvalue weighted by Gasteiger charge is -2.21. The molecule has 0 spiro atoms. The fourth-order valence-electron chi connectivity index (χ4n) is 3.46. The number of thioether (sulfide) groups is 8. The molecule has 0 bridgehead atoms. The van der Waals surface area contributed by atoms with Crippen LogP contribution in [-0.4, -0.2) is 26.8 Å². The van der Waals surface area contributed by atoms with E-state index in [9.17, 15) is 4.79 Å². The third-order valence-corrected chi connectivity index (χ3v) is 18.2. The van der Waals surface area contributed by atoms with Gasteiger partial charge in [-0.05, 0) is 25.7 Å². The van der Waals surface area contributed by atoms with E-state index in [1.54, 1.807) is 0 Å². The van der Waals surface area contributed by atoms with Crippen LogP contribution in [-0.2, 0) is 4.79 Å². The zero-order chi connectivity index (χ0) is 21.4. The quantitative estimate of drug-likeness (QED) is 0.315. The zero-order valence-corrected chi connectivity index (χ0v) is 24.1. The molecule has 0 aromatic carbocycles. The number of carbonyl (C=O) groups excluding carboxylic acids is 1. The van der Waals surface area contributed by atoms with Crippen molar-refractivity contribution in [2.75, 3.05) is 0 Å². The van der Waals surface area contributed by atoms with Crippen LogP contribution in [0.25, 0.3) is 0 Å². The lowest BCUT2D eigenvalue weighted by molar-refractivity contribution is -0.118. The smallest absolute Gasteiger partial charge is 0.159 e. The van der Waals surface area contributed by atoms with Crippen LogP contribution in [0.1, 0.15) is 53.4 Å². The summed E-state index contributed by atoms with van der Waals surface area (Å²) < 4.78 is 8.54. The van der Waals surface area contributed by atoms with Crippen LogP contribution in [0.5, 0.6) is 0 Å². The van der Waals surface area contributed by atoms with E-state index in [1.165, 1.54) is 31.0 Å². The van der Waals surface area contributed by atoms with Crippen molar-refractivity contribution in [1.29, 1.82) is 0 Å². The first-order chi connectivity index (χ1) is 14.5. The summed E-state index contributed by atoms with van der Waals surface area (Å²) in [7, 11) is 0. The number of Topliss-reactive ketones (excluding diaryl/α,β-unsaturated/α-hetero) is 1. The van der Waals surface area contributed by atoms with Gasteiger partial charge in [0.1, 0.15) is 0 Å². The van der Waals surface area contributed by atoms with Crippen LogP contribution in [0.3, 0.4) is 0 Å². The van der Waals surface area contributed by atoms with Crippen LogP contribution >= 0.6 is 94.1 Å². The summed E-state index contributed by atoms with van der Waals surface area (Å²) in [6.07, 6.45) is 4.13. The number of rotatable bonds is 4. The second-order valence-corrected chi connectivity index (χ2v) is 17.7. The predicted octanol–water partition coefficient (Wildman–Crippen LogP) is 9.53. The highest BCUT2D eigenvalue weighted by Gasteiger charge is 2.39. The molecule has 0 fully saturated rings. The van der Waals surface area contributed by atoms with Gasteiger partial charge >= 0.3 is 0 Å². The van der Waals surface area contributed by atoms with E-state index < -0.39 is 0 Å². The second kappa shape index (κ2) is 10.8. The molecule has 4 aliphatic rings. The van der Waals surface area contributed by atoms with Gasteiger partial charge in [0, 0.05) is 10.5 Å². The Balaban J connectivity index is 1.53. The monoisotopic (exact) mass is 550 g/mol. The minimum Gasteiger partial charge on any atom is -0.297 e. The SMILES string of the molecule is C=C1C(CC)SC2=C(SC(=C3SC4=C(S3)SC(CC)C(=O)C(CC)S4)S2)SC1CC. The van der Waals surface area contributed by atoms with Gasteiger partial charge in [-0.3, -0.25) is 4.79 Å². The Bertz CT molecular complexity index is 714. The summed E-state index contributed by atoms with van der Waals surface area (Å²) in [6, 6.07) is 0. The molecule has 4 rings (SSSR count). The summed E-state index contributed by atoms with van der Waals surface area (Å²) in [5.74, 6) is 0.432. The topological polar surface area (TPSA) is 17.1 Å². The summed E-state index contributed by atoms with van der Waals surface area (Å²) in [6.45, 7) is 13.3. The van der Waals surface area contributed by atoms with Gasteiger partial charge < -0.3 is 0 Å². The molecule has 9 heteroatoms. The van der Waals surface area contributed by atoms with Crippen LogP contribution < -0.4 is 0 Å². The lowest BCUT2D eigenvalue weighted by atomic mass is 10.1. The van der Waals surface area contributed by atoms with Crippen LogP contribution in [0.4, 0.5) is 0 Å². The molecule has 1 nitrogen and oxygen atoms in total. The molecule has 0 aromatic rings. The second-order valence-electron chi connectivity index (χ2n) is 7.17. The fraction of sp³-hybridized carbons (Fsp3) is 0.571. The maximum Gasteiger partial charge on any atom is 0.159 e. The minimum atomic E-state index is 0.110. The molecule has 4 unspecified atom stereocenters. The van der Waals surface area contributed by atoms with Crippen molar-refractivity contribution in [3.63, 3.8) is 0 Å². The van der Waals surface area contributed by atoms with Gasteiger partial charge in [0.25, 0.3) is 0 Å². The molecule has 30 heavy (non-hydrogen) atoms. The standard InChI is InChI=1S/C21H26OS8/c1-6-11-10(5)12(7-2)24-17-16(23-11)27-20(28-17)21-29-18-19(30-21)26-14(9-4)15(22)13(8-3)25-18/h11-14H,5-9H2,1-4H3. The number of ketones is 1. The Hall–Kier alpha value is 1.43. The lowest BCUT2D eigenvalue weighted by Crippen LogP contribution is -2.25. The molecule has 0 amide bonds. The van der Waals surface area contributed by atoms with Crippen molar-refractivity contribution in [3.8, 4) is 0 Å². The first kappa shape index (κ1) is 24.6. The molecular weight excluding hydrogens is 525 g/mol. The molecule has 4 heterocycles. The summed E-state index contributed by atoms with van der Waals surface area (Å²) >= 11 is 15.5. The molecule has 4 atom stereocenters. The van der Waals surface area contributed by atoms with E-state index in [2.05, 4.69) is 34.3 Å². The molecule has 0 aliphatic carbocycles. The molecule has 4 aliphatic heterocycles. The highest BCUT2D eigenvalue weighted by Crippen LogP contribution is 2.69. The largest absolute Gasteiger partial charge is 0.297 e. The van der Waals surface area contributed by atoms with E-state index in [0.717, 1.165) is 25.7 Å². The summed E-state index contributed by atoms with van der Waals surface area (Å²) in [5.41, 5.74) is 1.41. The van der Waals surface area contributed by atoms with Gasteiger partial charge in [0.2, 0.25) is 0 Å². The first-order valence-electron chi connectivity index (χ1n) is 10.3. The van der Waals surface area contributed by atoms with Gasteiger partial charge in [0.15, 0.2) is 5.78 Å². The Labute approximate surface area is 214 Å². The zero-order valence-electron chi connectivity index (χ0n) is 17.5. The molecule has 0 N–H and O–H groups in total. The van der Waals surface area contributed by atoms with Crippen molar-refractivity contribution in [2.24, 2.45) is 0 Å². The van der Waals surface area contributed by atoms with Crippen molar-refractivity contribution in [1.82, 2.24) is 0 Å². The predicted molar refractivity (Wildman–Crippen MR) is 152 cm³/mol. The Kier molecular flexibility index (Phi) is 8.83. The molecule has 0 aromatic heterocycles. The summed E-state index contributed by atoms with van der Waals surface area (Å²) in [4.78, 5) is 12.8. The van der Waals surface area contributed by atoms with Crippen molar-refractivity contribution < 1.29 is 4.79 Å². The summed E-state index contributed by atoms with van der Waals surface area (Å²) in [5, 5.41) is 1.27. The Morgan fingerprint density at radius 3 is 1.17 bits per heavy atom. The van der Waals surface area contributed by atoms with Gasteiger partial charge in [-0.15, -0.1) is 47.0 Å². The van der Waals surface area contributed by atoms with Crippen molar-refractivity contribution in [2.45, 2.75) is 74.4 Å². The normalized spacial score (nSPS) is 32.5. The van der Waals surface area contributed by atoms with Gasteiger partial charge in [0.05, 0.1) is 35.9 Å². The van der Waals surface area contributed by atoms with Crippen molar-refractivity contribution in [3.05, 3.63) is 37.6 Å². The molecule has 0 saturated carbocycles. The number of hydrogen-bond acceptors (Lipinski definition) is 9. The molecular formula is C21H26OS8. The van der Waals surface area contributed by atoms with E-state index in [-0.39, 0.29) is 10.5 Å². The third-order valence-electron chi connectivity index (χ3n) is 5.18. The van der Waals surface area contributed by atoms with E-state index in [4.69, 9.17) is 0 Å². The highest BCUT2D eigenvalue weighted by molar-refractivity contribution is 8.45. The maximum atomic E-state index is 12.8. The Morgan fingerprint density at radius 2 is 0.867 bits per heavy atom. The van der Waals surface area contributed by atoms with E-state index >= 15 is 0 Å². The molecule has 0 saturated heterocycles. The minimum absolute atomic E-state index is 0.110. The van der Waals surface area contributed by atoms with Gasteiger partial charge in [-0.25, -0.2) is 0 Å². The van der Waals surface area contributed by atoms with Gasteiger partial charge in [-0.1, -0.05) is 86.9 Å². The van der Waals surface area contributed by atoms with Crippen LogP contribution in [0.2, 0.25) is 0 Å². The molecule has 0 radical (unpaired) electrons. The number of hydrogen-bond donors (Lipinski definition) is 0. The fourth-order valence-corrected chi connectivity index (χ4v) is 16.5. The van der Waals surface area contributed by atoms with Gasteiger partial charge in [-0.2, -0.15) is 0 Å². The third kappa shape index (κ3) is 4.93. The number of carbonyl (C=O) groups is 1. The maximum absolute atomic E-state index is 12.8. The highest BCUT2D eigenvalue weighted by atomic mass is 32.3. The molecule has 164 valence electrons. The Morgan fingerprint density at radius 1 is 0.567 bits per heavy atom. The van der Waals surface area contributed by atoms with E-state index in [1.807, 2.05) is 94.1 Å². The average Bonchev–Trinajstić information content (AvgIpc) is 3.28.